The Bertz CT molecular complexity index is 1340. The van der Waals surface area contributed by atoms with Gasteiger partial charge in [-0.3, -0.25) is 9.36 Å². The Morgan fingerprint density at radius 1 is 0.971 bits per heavy atom. The fraction of sp³-hybridized carbons (Fsp3) is 0.154. The van der Waals surface area contributed by atoms with Gasteiger partial charge in [-0.15, -0.1) is 13.2 Å². The van der Waals surface area contributed by atoms with E-state index in [-0.39, 0.29) is 17.4 Å². The Kier molecular flexibility index (Phi) is 6.25. The summed E-state index contributed by atoms with van der Waals surface area (Å²) < 4.78 is 43.6. The molecule has 0 fully saturated rings. The predicted octanol–water partition coefficient (Wildman–Crippen LogP) is 6.12. The van der Waals surface area contributed by atoms with Crippen LogP contribution in [0.5, 0.6) is 5.75 Å². The van der Waals surface area contributed by atoms with Crippen LogP contribution in [0.3, 0.4) is 0 Å². The van der Waals surface area contributed by atoms with Gasteiger partial charge in [-0.25, -0.2) is 4.98 Å². The summed E-state index contributed by atoms with van der Waals surface area (Å²) in [6.45, 7) is 0.642. The van der Waals surface area contributed by atoms with Crippen LogP contribution in [0.2, 0.25) is 0 Å². The van der Waals surface area contributed by atoms with Crippen molar-refractivity contribution in [1.82, 2.24) is 9.55 Å². The maximum absolute atomic E-state index is 13.0. The zero-order valence-electron chi connectivity index (χ0n) is 18.4. The standard InChI is InChI=1S/C26H20F3N3O2S/c27-26(28,29)34-21-12-10-20(11-13-21)32-23(18-6-2-1-3-7-18)16-30-25(32)35-17-24(33)31-15-14-19-8-4-5-9-22(19)31/h1-13,16H,14-15,17H2. The number of imidazole rings is 1. The lowest BCUT2D eigenvalue weighted by molar-refractivity contribution is -0.274. The summed E-state index contributed by atoms with van der Waals surface area (Å²) in [5, 5.41) is 0.564. The van der Waals surface area contributed by atoms with Gasteiger partial charge >= 0.3 is 6.36 Å². The molecule has 0 spiro atoms. The summed E-state index contributed by atoms with van der Waals surface area (Å²) in [7, 11) is 0. The number of thioether (sulfide) groups is 1. The van der Waals surface area contributed by atoms with Gasteiger partial charge in [0.2, 0.25) is 5.91 Å². The molecule has 0 radical (unpaired) electrons. The maximum Gasteiger partial charge on any atom is 0.573 e. The Hall–Kier alpha value is -3.72. The van der Waals surface area contributed by atoms with Crippen LogP contribution < -0.4 is 9.64 Å². The second-order valence-electron chi connectivity index (χ2n) is 7.88. The molecule has 4 aromatic rings. The maximum atomic E-state index is 13.0. The number of benzene rings is 3. The van der Waals surface area contributed by atoms with Gasteiger partial charge < -0.3 is 9.64 Å². The molecule has 35 heavy (non-hydrogen) atoms. The highest BCUT2D eigenvalue weighted by Gasteiger charge is 2.31. The number of para-hydroxylation sites is 1. The second-order valence-corrected chi connectivity index (χ2v) is 8.82. The lowest BCUT2D eigenvalue weighted by Gasteiger charge is -2.17. The number of ether oxygens (including phenoxy) is 1. The third-order valence-electron chi connectivity index (χ3n) is 5.64. The molecule has 0 atom stereocenters. The van der Waals surface area contributed by atoms with Crippen LogP contribution in [-0.4, -0.2) is 34.1 Å². The van der Waals surface area contributed by atoms with Crippen molar-refractivity contribution < 1.29 is 22.7 Å². The molecular weight excluding hydrogens is 475 g/mol. The third-order valence-corrected chi connectivity index (χ3v) is 6.58. The smallest absolute Gasteiger partial charge is 0.406 e. The molecular formula is C26H20F3N3O2S. The van der Waals surface area contributed by atoms with Gasteiger partial charge in [0, 0.05) is 23.5 Å². The van der Waals surface area contributed by atoms with Crippen molar-refractivity contribution in [2.75, 3.05) is 17.2 Å². The average Bonchev–Trinajstić information content (AvgIpc) is 3.47. The number of hydrogen-bond donors (Lipinski definition) is 0. The van der Waals surface area contributed by atoms with Gasteiger partial charge in [-0.1, -0.05) is 60.3 Å². The van der Waals surface area contributed by atoms with Crippen LogP contribution in [0.1, 0.15) is 5.56 Å². The molecule has 0 aliphatic carbocycles. The van der Waals surface area contributed by atoms with E-state index in [1.54, 1.807) is 11.1 Å². The minimum absolute atomic E-state index is 0.0234. The first kappa shape index (κ1) is 23.0. The highest BCUT2D eigenvalue weighted by molar-refractivity contribution is 7.99. The molecule has 0 N–H and O–H groups in total. The molecule has 1 amide bonds. The molecule has 0 unspecified atom stereocenters. The van der Waals surface area contributed by atoms with Crippen LogP contribution in [0, 0.1) is 0 Å². The Morgan fingerprint density at radius 2 is 1.69 bits per heavy atom. The molecule has 5 nitrogen and oxygen atoms in total. The third kappa shape index (κ3) is 5.05. The zero-order chi connectivity index (χ0) is 24.4. The first-order valence-electron chi connectivity index (χ1n) is 10.9. The van der Waals surface area contributed by atoms with E-state index in [9.17, 15) is 18.0 Å². The van der Waals surface area contributed by atoms with Crippen LogP contribution in [0.4, 0.5) is 18.9 Å². The van der Waals surface area contributed by atoms with Crippen LogP contribution in [0.25, 0.3) is 16.9 Å². The molecule has 5 rings (SSSR count). The number of carbonyl (C=O) groups excluding carboxylic acids is 1. The number of aromatic nitrogens is 2. The van der Waals surface area contributed by atoms with Crippen LogP contribution in [0.15, 0.2) is 90.2 Å². The highest BCUT2D eigenvalue weighted by atomic mass is 32.2. The number of nitrogens with zero attached hydrogens (tertiary/aromatic N) is 3. The first-order valence-corrected chi connectivity index (χ1v) is 11.9. The van der Waals surface area contributed by atoms with E-state index in [4.69, 9.17) is 0 Å². The number of amides is 1. The number of carbonyl (C=O) groups is 1. The highest BCUT2D eigenvalue weighted by Crippen LogP contribution is 2.33. The van der Waals surface area contributed by atoms with E-state index in [1.165, 1.54) is 36.0 Å². The Balaban J connectivity index is 1.42. The van der Waals surface area contributed by atoms with E-state index >= 15 is 0 Å². The van der Waals surface area contributed by atoms with Crippen molar-refractivity contribution in [2.45, 2.75) is 17.9 Å². The Morgan fingerprint density at radius 3 is 2.43 bits per heavy atom. The van der Waals surface area contributed by atoms with Crippen molar-refractivity contribution in [3.8, 4) is 22.7 Å². The summed E-state index contributed by atoms with van der Waals surface area (Å²) in [5.74, 6) is -0.154. The second kappa shape index (κ2) is 9.50. The van der Waals surface area contributed by atoms with Crippen molar-refractivity contribution in [2.24, 2.45) is 0 Å². The van der Waals surface area contributed by atoms with E-state index < -0.39 is 6.36 Å². The first-order chi connectivity index (χ1) is 16.9. The number of fused-ring (bicyclic) bond motifs is 1. The molecule has 1 aromatic heterocycles. The summed E-state index contributed by atoms with van der Waals surface area (Å²) in [4.78, 5) is 19.4. The molecule has 3 aromatic carbocycles. The van der Waals surface area contributed by atoms with Gasteiger partial charge in [0.05, 0.1) is 17.6 Å². The number of anilines is 1. The lowest BCUT2D eigenvalue weighted by atomic mass is 10.1. The van der Waals surface area contributed by atoms with Gasteiger partial charge in [0.25, 0.3) is 0 Å². The Labute approximate surface area is 204 Å². The monoisotopic (exact) mass is 495 g/mol. The summed E-state index contributed by atoms with van der Waals surface area (Å²) in [5.41, 5.74) is 4.35. The molecule has 178 valence electrons. The van der Waals surface area contributed by atoms with E-state index in [0.29, 0.717) is 17.4 Å². The fourth-order valence-corrected chi connectivity index (χ4v) is 4.97. The van der Waals surface area contributed by atoms with Gasteiger partial charge in [-0.05, 0) is 42.3 Å². The topological polar surface area (TPSA) is 47.4 Å². The van der Waals surface area contributed by atoms with E-state index in [2.05, 4.69) is 9.72 Å². The number of alkyl halides is 3. The van der Waals surface area contributed by atoms with Crippen LogP contribution in [-0.2, 0) is 11.2 Å². The van der Waals surface area contributed by atoms with E-state index in [0.717, 1.165) is 28.9 Å². The molecule has 0 bridgehead atoms. The molecule has 2 heterocycles. The lowest BCUT2D eigenvalue weighted by Crippen LogP contribution is -2.30. The summed E-state index contributed by atoms with van der Waals surface area (Å²) >= 11 is 1.29. The quantitative estimate of drug-likeness (QED) is 0.303. The summed E-state index contributed by atoms with van der Waals surface area (Å²) in [6, 6.07) is 23.0. The van der Waals surface area contributed by atoms with Gasteiger partial charge in [0.1, 0.15) is 5.75 Å². The molecule has 0 saturated carbocycles. The van der Waals surface area contributed by atoms with Crippen molar-refractivity contribution in [3.05, 3.63) is 90.6 Å². The molecule has 1 aliphatic rings. The molecule has 9 heteroatoms. The molecule has 1 aliphatic heterocycles. The van der Waals surface area contributed by atoms with Crippen LogP contribution >= 0.6 is 11.8 Å². The average molecular weight is 496 g/mol. The minimum atomic E-state index is -4.76. The summed E-state index contributed by atoms with van der Waals surface area (Å²) in [6.07, 6.45) is -2.24. The fourth-order valence-electron chi connectivity index (χ4n) is 4.10. The molecule has 0 saturated heterocycles. The van der Waals surface area contributed by atoms with Gasteiger partial charge in [0.15, 0.2) is 5.16 Å². The number of rotatable bonds is 6. The van der Waals surface area contributed by atoms with E-state index in [1.807, 2.05) is 59.2 Å². The van der Waals surface area contributed by atoms with Gasteiger partial charge in [-0.2, -0.15) is 0 Å². The van der Waals surface area contributed by atoms with Crippen molar-refractivity contribution in [1.29, 1.82) is 0 Å². The number of halogens is 3. The van der Waals surface area contributed by atoms with Crippen molar-refractivity contribution >= 4 is 23.4 Å². The minimum Gasteiger partial charge on any atom is -0.406 e. The normalized spacial score (nSPS) is 13.1. The SMILES string of the molecule is O=C(CSc1ncc(-c2ccccc2)n1-c1ccc(OC(F)(F)F)cc1)N1CCc2ccccc21. The number of hydrogen-bond acceptors (Lipinski definition) is 4. The predicted molar refractivity (Wildman–Crippen MR) is 129 cm³/mol. The zero-order valence-corrected chi connectivity index (χ0v) is 19.2. The van der Waals surface area contributed by atoms with Crippen molar-refractivity contribution in [3.63, 3.8) is 0 Å². The largest absolute Gasteiger partial charge is 0.573 e.